The van der Waals surface area contributed by atoms with E-state index in [1.165, 1.54) is 11.0 Å². The molecular formula is C26H29N3O4. The van der Waals surface area contributed by atoms with Crippen molar-refractivity contribution in [3.63, 3.8) is 0 Å². The normalized spacial score (nSPS) is 16.0. The van der Waals surface area contributed by atoms with E-state index >= 15 is 0 Å². The number of benzene rings is 2. The molecule has 0 saturated carbocycles. The minimum atomic E-state index is -0.345. The first-order valence-electron chi connectivity index (χ1n) is 11.3. The number of piperazine rings is 1. The lowest BCUT2D eigenvalue weighted by molar-refractivity contribution is 0.0535. The number of carbonyl (C=O) groups is 4. The molecule has 1 fully saturated rings. The van der Waals surface area contributed by atoms with Gasteiger partial charge in [0, 0.05) is 43.9 Å². The molecule has 0 radical (unpaired) electrons. The van der Waals surface area contributed by atoms with Crippen LogP contribution in [0.3, 0.4) is 0 Å². The van der Waals surface area contributed by atoms with Crippen LogP contribution >= 0.6 is 0 Å². The molecule has 2 aliphatic rings. The van der Waals surface area contributed by atoms with Crippen LogP contribution < -0.4 is 0 Å². The van der Waals surface area contributed by atoms with Crippen molar-refractivity contribution < 1.29 is 19.2 Å². The molecule has 7 nitrogen and oxygen atoms in total. The lowest BCUT2D eigenvalue weighted by atomic mass is 10.0. The van der Waals surface area contributed by atoms with E-state index < -0.39 is 0 Å². The molecule has 1 saturated heterocycles. The minimum Gasteiger partial charge on any atom is -0.335 e. The number of rotatable bonds is 4. The molecule has 2 aromatic rings. The van der Waals surface area contributed by atoms with Crippen LogP contribution in [0.4, 0.5) is 0 Å². The topological polar surface area (TPSA) is 78.0 Å². The number of carbonyl (C=O) groups excluding carboxylic acids is 4. The quantitative estimate of drug-likeness (QED) is 0.675. The van der Waals surface area contributed by atoms with Crippen molar-refractivity contribution in [3.8, 4) is 0 Å². The molecule has 0 spiro atoms. The molecular weight excluding hydrogens is 418 g/mol. The maximum absolute atomic E-state index is 13.1. The summed E-state index contributed by atoms with van der Waals surface area (Å²) in [6, 6.07) is 10.4. The van der Waals surface area contributed by atoms with Crippen LogP contribution in [0.2, 0.25) is 0 Å². The number of nitrogens with zero attached hydrogens (tertiary/aromatic N) is 3. The fourth-order valence-corrected chi connectivity index (χ4v) is 4.31. The fraction of sp³-hybridized carbons (Fsp3) is 0.385. The van der Waals surface area contributed by atoms with E-state index in [1.54, 1.807) is 21.9 Å². The number of hydrogen-bond donors (Lipinski definition) is 0. The van der Waals surface area contributed by atoms with Crippen molar-refractivity contribution in [1.82, 2.24) is 14.7 Å². The highest BCUT2D eigenvalue weighted by Gasteiger charge is 2.36. The summed E-state index contributed by atoms with van der Waals surface area (Å²) in [7, 11) is 0. The Morgan fingerprint density at radius 3 is 1.82 bits per heavy atom. The van der Waals surface area contributed by atoms with Gasteiger partial charge in [0.05, 0.1) is 11.1 Å². The summed E-state index contributed by atoms with van der Waals surface area (Å²) in [6.45, 7) is 9.97. The molecule has 0 aliphatic carbocycles. The predicted octanol–water partition coefficient (Wildman–Crippen LogP) is 3.15. The van der Waals surface area contributed by atoms with Crippen LogP contribution in [0.15, 0.2) is 36.4 Å². The fourth-order valence-electron chi connectivity index (χ4n) is 4.31. The summed E-state index contributed by atoms with van der Waals surface area (Å²) in [5.41, 5.74) is 3.90. The summed E-state index contributed by atoms with van der Waals surface area (Å²) in [6.07, 6.45) is 0. The molecule has 4 rings (SSSR count). The van der Waals surface area contributed by atoms with Crippen molar-refractivity contribution >= 4 is 23.6 Å². The average Bonchev–Trinajstić information content (AvgIpc) is 3.04. The van der Waals surface area contributed by atoms with E-state index in [-0.39, 0.29) is 35.1 Å². The summed E-state index contributed by atoms with van der Waals surface area (Å²) >= 11 is 0. The summed E-state index contributed by atoms with van der Waals surface area (Å²) in [5, 5.41) is 0. The SMILES string of the molecule is Cc1ccc(C(=O)N2CCN(C(=O)c3ccc4c(c3)C(=O)N(CC(C)C)C4=O)CC2)cc1C. The van der Waals surface area contributed by atoms with Crippen LogP contribution in [-0.2, 0) is 0 Å². The Hall–Kier alpha value is -3.48. The lowest BCUT2D eigenvalue weighted by Crippen LogP contribution is -2.50. The highest BCUT2D eigenvalue weighted by Crippen LogP contribution is 2.25. The number of fused-ring (bicyclic) bond motifs is 1. The van der Waals surface area contributed by atoms with Crippen molar-refractivity contribution in [2.24, 2.45) is 5.92 Å². The van der Waals surface area contributed by atoms with E-state index in [0.717, 1.165) is 11.1 Å². The molecule has 2 aliphatic heterocycles. The number of amides is 4. The molecule has 0 bridgehead atoms. The number of aryl methyl sites for hydroxylation is 2. The third kappa shape index (κ3) is 4.27. The molecule has 4 amide bonds. The second-order valence-corrected chi connectivity index (χ2v) is 9.26. The smallest absolute Gasteiger partial charge is 0.261 e. The van der Waals surface area contributed by atoms with Gasteiger partial charge in [0.1, 0.15) is 0 Å². The van der Waals surface area contributed by atoms with Gasteiger partial charge < -0.3 is 9.80 Å². The Balaban J connectivity index is 1.43. The van der Waals surface area contributed by atoms with Gasteiger partial charge in [-0.3, -0.25) is 24.1 Å². The first kappa shape index (κ1) is 22.7. The highest BCUT2D eigenvalue weighted by atomic mass is 16.2. The molecule has 33 heavy (non-hydrogen) atoms. The zero-order valence-corrected chi connectivity index (χ0v) is 19.6. The van der Waals surface area contributed by atoms with Crippen LogP contribution in [0, 0.1) is 19.8 Å². The molecule has 7 heteroatoms. The van der Waals surface area contributed by atoms with Gasteiger partial charge >= 0.3 is 0 Å². The van der Waals surface area contributed by atoms with Crippen molar-refractivity contribution in [2.45, 2.75) is 27.7 Å². The first-order chi connectivity index (χ1) is 15.7. The first-order valence-corrected chi connectivity index (χ1v) is 11.3. The largest absolute Gasteiger partial charge is 0.335 e. The third-order valence-corrected chi connectivity index (χ3v) is 6.37. The van der Waals surface area contributed by atoms with Gasteiger partial charge in [-0.15, -0.1) is 0 Å². The monoisotopic (exact) mass is 447 g/mol. The van der Waals surface area contributed by atoms with Gasteiger partial charge in [-0.1, -0.05) is 19.9 Å². The summed E-state index contributed by atoms with van der Waals surface area (Å²) < 4.78 is 0. The van der Waals surface area contributed by atoms with Crippen molar-refractivity contribution in [2.75, 3.05) is 32.7 Å². The Labute approximate surface area is 194 Å². The Morgan fingerprint density at radius 1 is 0.758 bits per heavy atom. The number of imide groups is 1. The van der Waals surface area contributed by atoms with Crippen LogP contribution in [0.25, 0.3) is 0 Å². The molecule has 172 valence electrons. The van der Waals surface area contributed by atoms with E-state index in [0.29, 0.717) is 49.4 Å². The van der Waals surface area contributed by atoms with Gasteiger partial charge in [0.2, 0.25) is 0 Å². The maximum atomic E-state index is 13.1. The summed E-state index contributed by atoms with van der Waals surface area (Å²) in [5.74, 6) is -0.713. The van der Waals surface area contributed by atoms with E-state index in [4.69, 9.17) is 0 Å². The molecule has 0 N–H and O–H groups in total. The second kappa shape index (κ2) is 8.81. The molecule has 0 atom stereocenters. The van der Waals surface area contributed by atoms with E-state index in [9.17, 15) is 19.2 Å². The van der Waals surface area contributed by atoms with E-state index in [1.807, 2.05) is 45.9 Å². The molecule has 2 heterocycles. The van der Waals surface area contributed by atoms with Crippen molar-refractivity contribution in [3.05, 3.63) is 69.8 Å². The third-order valence-electron chi connectivity index (χ3n) is 6.37. The van der Waals surface area contributed by atoms with E-state index in [2.05, 4.69) is 0 Å². The minimum absolute atomic E-state index is 0.0305. The number of hydrogen-bond acceptors (Lipinski definition) is 4. The van der Waals surface area contributed by atoms with Gasteiger partial charge in [-0.25, -0.2) is 0 Å². The molecule has 2 aromatic carbocycles. The Morgan fingerprint density at radius 2 is 1.27 bits per heavy atom. The van der Waals surface area contributed by atoms with Gasteiger partial charge in [-0.05, 0) is 61.2 Å². The predicted molar refractivity (Wildman–Crippen MR) is 124 cm³/mol. The Bertz CT molecular complexity index is 1150. The average molecular weight is 448 g/mol. The lowest BCUT2D eigenvalue weighted by Gasteiger charge is -2.35. The van der Waals surface area contributed by atoms with Crippen LogP contribution in [0.1, 0.15) is 66.4 Å². The molecule has 0 unspecified atom stereocenters. The van der Waals surface area contributed by atoms with Crippen LogP contribution in [0.5, 0.6) is 0 Å². The van der Waals surface area contributed by atoms with Gasteiger partial charge in [0.25, 0.3) is 23.6 Å². The highest BCUT2D eigenvalue weighted by molar-refractivity contribution is 6.22. The zero-order chi connectivity index (χ0) is 23.9. The van der Waals surface area contributed by atoms with Crippen molar-refractivity contribution in [1.29, 1.82) is 0 Å². The standard InChI is InChI=1S/C26H29N3O4/c1-16(2)15-29-25(32)21-8-7-20(14-22(21)26(29)33)24(31)28-11-9-27(10-12-28)23(30)19-6-5-17(3)18(4)13-19/h5-8,13-14,16H,9-12,15H2,1-4H3. The second-order valence-electron chi connectivity index (χ2n) is 9.26. The summed E-state index contributed by atoms with van der Waals surface area (Å²) in [4.78, 5) is 55.9. The van der Waals surface area contributed by atoms with Crippen LogP contribution in [-0.4, -0.2) is 71.1 Å². The Kier molecular flexibility index (Phi) is 6.06. The van der Waals surface area contributed by atoms with Gasteiger partial charge in [-0.2, -0.15) is 0 Å². The van der Waals surface area contributed by atoms with Gasteiger partial charge in [0.15, 0.2) is 0 Å². The maximum Gasteiger partial charge on any atom is 0.261 e. The zero-order valence-electron chi connectivity index (χ0n) is 19.6. The molecule has 0 aromatic heterocycles.